The van der Waals surface area contributed by atoms with Crippen LogP contribution in [0.3, 0.4) is 0 Å². The minimum atomic E-state index is 0.907. The molecule has 0 amide bonds. The lowest BCUT2D eigenvalue weighted by atomic mass is 10.5. The maximum atomic E-state index is 3.87. The summed E-state index contributed by atoms with van der Waals surface area (Å²) in [5, 5.41) is 0. The zero-order valence-corrected chi connectivity index (χ0v) is 4.63. The molecule has 0 atom stereocenters. The van der Waals surface area contributed by atoms with Crippen molar-refractivity contribution in [2.45, 2.75) is 0 Å². The lowest BCUT2D eigenvalue weighted by Crippen LogP contribution is -1.75. The highest BCUT2D eigenvalue weighted by atomic mass is 14.9. The fraction of sp³-hybridized carbons (Fsp3) is 0. The van der Waals surface area contributed by atoms with Crippen LogP contribution in [0.4, 0.5) is 0 Å². The lowest BCUT2D eigenvalue weighted by Gasteiger charge is -1.80. The van der Waals surface area contributed by atoms with Crippen LogP contribution in [0.25, 0.3) is 11.0 Å². The van der Waals surface area contributed by atoms with Gasteiger partial charge in [-0.3, -0.25) is 0 Å². The number of nitrogens with one attached hydrogen (secondary N) is 1. The van der Waals surface area contributed by atoms with Gasteiger partial charge in [0.15, 0.2) is 6.33 Å². The average Bonchev–Trinajstić information content (AvgIpc) is 2.33. The Morgan fingerprint density at radius 3 is 3.44 bits per heavy atom. The largest absolute Gasteiger partial charge is 0.359 e. The number of aromatic amines is 1. The quantitative estimate of drug-likeness (QED) is 0.554. The van der Waals surface area contributed by atoms with E-state index in [2.05, 4.69) is 21.3 Å². The Hall–Kier alpha value is -1.38. The monoisotopic (exact) mass is 118 g/mol. The van der Waals surface area contributed by atoms with E-state index in [4.69, 9.17) is 0 Å². The van der Waals surface area contributed by atoms with Crippen LogP contribution < -0.4 is 0 Å². The van der Waals surface area contributed by atoms with Gasteiger partial charge in [-0.15, -0.1) is 0 Å². The predicted octanol–water partition coefficient (Wildman–Crippen LogP) is 0.758. The molecule has 2 aromatic heterocycles. The van der Waals surface area contributed by atoms with Crippen LogP contribution in [0.1, 0.15) is 0 Å². The molecular formula is C6H4N3. The molecule has 9 heavy (non-hydrogen) atoms. The van der Waals surface area contributed by atoms with Crippen molar-refractivity contribution in [3.63, 3.8) is 0 Å². The first-order valence-electron chi connectivity index (χ1n) is 2.63. The molecule has 1 radical (unpaired) electrons. The smallest absolute Gasteiger partial charge is 0.198 e. The molecule has 0 spiro atoms. The summed E-state index contributed by atoms with van der Waals surface area (Å²) in [6, 6.07) is 1.88. The first kappa shape index (κ1) is 4.49. The summed E-state index contributed by atoms with van der Waals surface area (Å²) in [6.07, 6.45) is 6.02. The van der Waals surface area contributed by atoms with Gasteiger partial charge >= 0.3 is 0 Å². The van der Waals surface area contributed by atoms with Crippen molar-refractivity contribution in [2.75, 3.05) is 0 Å². The van der Waals surface area contributed by atoms with Gasteiger partial charge in [-0.2, -0.15) is 0 Å². The van der Waals surface area contributed by atoms with E-state index in [9.17, 15) is 0 Å². The van der Waals surface area contributed by atoms with Gasteiger partial charge in [0.1, 0.15) is 0 Å². The topological polar surface area (TPSA) is 41.6 Å². The van der Waals surface area contributed by atoms with Crippen LogP contribution >= 0.6 is 0 Å². The highest BCUT2D eigenvalue weighted by Gasteiger charge is 1.89. The second kappa shape index (κ2) is 1.55. The Balaban J connectivity index is 2.95. The third-order valence-electron chi connectivity index (χ3n) is 1.18. The van der Waals surface area contributed by atoms with Crippen molar-refractivity contribution in [3.05, 3.63) is 24.8 Å². The van der Waals surface area contributed by atoms with E-state index in [1.807, 2.05) is 12.3 Å². The number of hydrogen-bond acceptors (Lipinski definition) is 2. The van der Waals surface area contributed by atoms with Crippen LogP contribution in [0.15, 0.2) is 18.5 Å². The normalized spacial score (nSPS) is 10.2. The fourth-order valence-electron chi connectivity index (χ4n) is 0.751. The molecule has 0 aromatic carbocycles. The zero-order valence-electron chi connectivity index (χ0n) is 4.63. The highest BCUT2D eigenvalue weighted by molar-refractivity contribution is 5.72. The summed E-state index contributed by atoms with van der Waals surface area (Å²) in [4.78, 5) is 10.6. The third-order valence-corrected chi connectivity index (χ3v) is 1.18. The van der Waals surface area contributed by atoms with E-state index in [1.165, 1.54) is 0 Å². The van der Waals surface area contributed by atoms with Gasteiger partial charge in [0.05, 0.1) is 17.2 Å². The van der Waals surface area contributed by atoms with E-state index in [0.29, 0.717) is 0 Å². The van der Waals surface area contributed by atoms with E-state index in [0.717, 1.165) is 11.0 Å². The first-order valence-corrected chi connectivity index (χ1v) is 2.63. The Labute approximate surface area is 51.8 Å². The van der Waals surface area contributed by atoms with Crippen molar-refractivity contribution in [1.29, 1.82) is 0 Å². The predicted molar refractivity (Wildman–Crippen MR) is 32.7 cm³/mol. The van der Waals surface area contributed by atoms with Crippen LogP contribution in [0.2, 0.25) is 0 Å². The Morgan fingerprint density at radius 1 is 1.56 bits per heavy atom. The minimum absolute atomic E-state index is 0.907. The Kier molecular flexibility index (Phi) is 0.773. The number of hydrogen-bond donors (Lipinski definition) is 1. The Morgan fingerprint density at radius 2 is 2.56 bits per heavy atom. The molecule has 2 rings (SSSR count). The zero-order chi connectivity index (χ0) is 6.10. The van der Waals surface area contributed by atoms with Gasteiger partial charge < -0.3 is 4.98 Å². The molecule has 0 aliphatic heterocycles. The summed E-state index contributed by atoms with van der Waals surface area (Å²) in [5.41, 5.74) is 1.86. The van der Waals surface area contributed by atoms with E-state index in [1.54, 1.807) is 6.20 Å². The van der Waals surface area contributed by atoms with Crippen molar-refractivity contribution < 1.29 is 0 Å². The SMILES string of the molecule is [c]1ncc2[nH]ccc2n1. The van der Waals surface area contributed by atoms with E-state index in [-0.39, 0.29) is 0 Å². The minimum Gasteiger partial charge on any atom is -0.359 e. The number of rotatable bonds is 0. The highest BCUT2D eigenvalue weighted by Crippen LogP contribution is 2.03. The van der Waals surface area contributed by atoms with Crippen molar-refractivity contribution >= 4 is 11.0 Å². The van der Waals surface area contributed by atoms with E-state index >= 15 is 0 Å². The number of nitrogens with zero attached hydrogens (tertiary/aromatic N) is 2. The molecule has 1 N–H and O–H groups in total. The molecule has 3 nitrogen and oxygen atoms in total. The lowest BCUT2D eigenvalue weighted by molar-refractivity contribution is 1.20. The maximum absolute atomic E-state index is 3.87. The van der Waals surface area contributed by atoms with Gasteiger partial charge in [0.2, 0.25) is 0 Å². The van der Waals surface area contributed by atoms with Crippen molar-refractivity contribution in [2.24, 2.45) is 0 Å². The summed E-state index contributed by atoms with van der Waals surface area (Å²) < 4.78 is 0. The number of H-pyrrole nitrogens is 1. The second-order valence-corrected chi connectivity index (χ2v) is 1.75. The molecule has 43 valence electrons. The molecule has 0 aliphatic carbocycles. The van der Waals surface area contributed by atoms with Crippen molar-refractivity contribution in [1.82, 2.24) is 15.0 Å². The molecule has 2 aromatic rings. The van der Waals surface area contributed by atoms with Crippen LogP contribution in [0, 0.1) is 6.33 Å². The van der Waals surface area contributed by atoms with Crippen LogP contribution in [-0.2, 0) is 0 Å². The molecule has 0 saturated carbocycles. The average molecular weight is 118 g/mol. The van der Waals surface area contributed by atoms with Gasteiger partial charge in [0.25, 0.3) is 0 Å². The molecule has 0 unspecified atom stereocenters. The van der Waals surface area contributed by atoms with Crippen LogP contribution in [-0.4, -0.2) is 15.0 Å². The van der Waals surface area contributed by atoms with E-state index < -0.39 is 0 Å². The fourth-order valence-corrected chi connectivity index (χ4v) is 0.751. The summed E-state index contributed by atoms with van der Waals surface area (Å²) >= 11 is 0. The van der Waals surface area contributed by atoms with Gasteiger partial charge in [-0.1, -0.05) is 0 Å². The molecule has 3 heteroatoms. The molecule has 0 fully saturated rings. The molecule has 0 aliphatic rings. The third kappa shape index (κ3) is 0.579. The summed E-state index contributed by atoms with van der Waals surface area (Å²) in [6.45, 7) is 0. The second-order valence-electron chi connectivity index (χ2n) is 1.75. The van der Waals surface area contributed by atoms with Crippen molar-refractivity contribution in [3.8, 4) is 0 Å². The first-order chi connectivity index (χ1) is 4.47. The number of fused-ring (bicyclic) bond motifs is 1. The molecule has 2 heterocycles. The van der Waals surface area contributed by atoms with Gasteiger partial charge in [-0.25, -0.2) is 9.97 Å². The standard InChI is InChI=1S/C6H4N3/c1-2-8-6-3-7-4-9-5(1)6/h1-3,8H. The maximum Gasteiger partial charge on any atom is 0.198 e. The van der Waals surface area contributed by atoms with Crippen LogP contribution in [0.5, 0.6) is 0 Å². The molecule has 0 bridgehead atoms. The Bertz CT molecular complexity index is 282. The molecule has 0 saturated heterocycles. The number of aromatic nitrogens is 3. The summed E-state index contributed by atoms with van der Waals surface area (Å²) in [5.74, 6) is 0. The molecular weight excluding hydrogens is 114 g/mol. The van der Waals surface area contributed by atoms with Gasteiger partial charge in [0, 0.05) is 6.20 Å². The van der Waals surface area contributed by atoms with Gasteiger partial charge in [-0.05, 0) is 6.07 Å². The summed E-state index contributed by atoms with van der Waals surface area (Å²) in [7, 11) is 0.